The van der Waals surface area contributed by atoms with Gasteiger partial charge in [0, 0.05) is 18.2 Å². The van der Waals surface area contributed by atoms with Crippen LogP contribution in [0.3, 0.4) is 0 Å². The summed E-state index contributed by atoms with van der Waals surface area (Å²) in [5.41, 5.74) is 0.206. The number of ether oxygens (including phenoxy) is 2. The first-order valence-electron chi connectivity index (χ1n) is 5.16. The van der Waals surface area contributed by atoms with Crippen LogP contribution in [0.4, 0.5) is 0 Å². The summed E-state index contributed by atoms with van der Waals surface area (Å²) in [4.78, 5) is 4.03. The molecule has 0 spiro atoms. The van der Waals surface area contributed by atoms with Gasteiger partial charge in [0.2, 0.25) is 6.29 Å². The molecule has 88 valence electrons. The van der Waals surface area contributed by atoms with Crippen LogP contribution in [0.2, 0.25) is 0 Å². The number of nitrogens with zero attached hydrogens (tertiary/aromatic N) is 1. The maximum absolute atomic E-state index is 6.00. The third kappa shape index (κ3) is 1.88. The molecule has 2 heterocycles. The second-order valence-electron chi connectivity index (χ2n) is 3.71. The van der Waals surface area contributed by atoms with Crippen molar-refractivity contribution in [1.82, 2.24) is 4.98 Å². The smallest absolute Gasteiger partial charge is 0.200 e. The van der Waals surface area contributed by atoms with Crippen LogP contribution in [0, 0.1) is 0 Å². The van der Waals surface area contributed by atoms with Gasteiger partial charge in [0.1, 0.15) is 11.4 Å². The van der Waals surface area contributed by atoms with Gasteiger partial charge in [0.05, 0.1) is 18.0 Å². The van der Waals surface area contributed by atoms with Crippen molar-refractivity contribution in [1.29, 1.82) is 0 Å². The molecule has 1 atom stereocenters. The van der Waals surface area contributed by atoms with E-state index in [1.807, 2.05) is 13.0 Å². The van der Waals surface area contributed by atoms with Gasteiger partial charge in [-0.3, -0.25) is 4.98 Å². The number of pyridine rings is 1. The molecule has 1 aromatic heterocycles. The second-order valence-corrected chi connectivity index (χ2v) is 4.24. The van der Waals surface area contributed by atoms with E-state index in [9.17, 15) is 0 Å². The molecule has 2 rings (SSSR count). The lowest BCUT2D eigenvalue weighted by Crippen LogP contribution is -2.44. The molecule has 0 fully saturated rings. The molecule has 1 aliphatic heterocycles. The first-order valence-corrected chi connectivity index (χ1v) is 6.23. The molecule has 1 unspecified atom stereocenters. The summed E-state index contributed by atoms with van der Waals surface area (Å²) < 4.78 is 11.5. The average molecular weight is 262 g/mol. The van der Waals surface area contributed by atoms with Crippen molar-refractivity contribution >= 4 is 23.2 Å². The minimum absolute atomic E-state index is 0.299. The fourth-order valence-corrected chi connectivity index (χ4v) is 2.44. The molecule has 0 aliphatic carbocycles. The third-order valence-electron chi connectivity index (χ3n) is 2.66. The van der Waals surface area contributed by atoms with E-state index in [-0.39, 0.29) is 6.29 Å². The monoisotopic (exact) mass is 261 g/mol. The Labute approximate surface area is 105 Å². The van der Waals surface area contributed by atoms with Crippen LogP contribution in [-0.2, 0) is 10.3 Å². The van der Waals surface area contributed by atoms with Crippen molar-refractivity contribution in [2.45, 2.75) is 25.2 Å². The summed E-state index contributed by atoms with van der Waals surface area (Å²) in [5, 5.41) is 0. The molecule has 16 heavy (non-hydrogen) atoms. The van der Waals surface area contributed by atoms with Crippen LogP contribution in [0.5, 0.6) is 5.75 Å². The van der Waals surface area contributed by atoms with E-state index in [0.29, 0.717) is 17.5 Å². The first kappa shape index (κ1) is 12.0. The van der Waals surface area contributed by atoms with Gasteiger partial charge in [0.25, 0.3) is 0 Å². The second kappa shape index (κ2) is 4.78. The van der Waals surface area contributed by atoms with Gasteiger partial charge in [-0.2, -0.15) is 0 Å². The number of hydrogen-bond donors (Lipinski definition) is 0. The van der Waals surface area contributed by atoms with Crippen LogP contribution in [0.1, 0.15) is 18.9 Å². The van der Waals surface area contributed by atoms with Gasteiger partial charge >= 0.3 is 0 Å². The van der Waals surface area contributed by atoms with Crippen LogP contribution >= 0.6 is 23.2 Å². The molecular weight excluding hydrogens is 249 g/mol. The molecule has 0 saturated carbocycles. The van der Waals surface area contributed by atoms with E-state index in [4.69, 9.17) is 32.7 Å². The maximum Gasteiger partial charge on any atom is 0.200 e. The van der Waals surface area contributed by atoms with Crippen LogP contribution in [0.25, 0.3) is 0 Å². The molecule has 1 aromatic rings. The first-order chi connectivity index (χ1) is 7.75. The molecule has 0 amide bonds. The van der Waals surface area contributed by atoms with Gasteiger partial charge in [0.15, 0.2) is 0 Å². The fourth-order valence-electron chi connectivity index (χ4n) is 1.74. The normalized spacial score (nSPS) is 22.3. The molecule has 3 nitrogen and oxygen atoms in total. The summed E-state index contributed by atoms with van der Waals surface area (Å²) in [6, 6.07) is 1.84. The molecule has 0 N–H and O–H groups in total. The van der Waals surface area contributed by atoms with Crippen molar-refractivity contribution in [3.8, 4) is 5.75 Å². The number of alkyl halides is 2. The van der Waals surface area contributed by atoms with Crippen molar-refractivity contribution < 1.29 is 9.47 Å². The van der Waals surface area contributed by atoms with Crippen LogP contribution in [-0.4, -0.2) is 23.0 Å². The Balaban J connectivity index is 2.46. The Morgan fingerprint density at radius 1 is 1.44 bits per heavy atom. The summed E-state index contributed by atoms with van der Waals surface area (Å²) in [5.74, 6) is 1.31. The lowest BCUT2D eigenvalue weighted by Gasteiger charge is -2.39. The Morgan fingerprint density at radius 3 is 2.81 bits per heavy atom. The molecule has 0 radical (unpaired) electrons. The van der Waals surface area contributed by atoms with E-state index in [1.165, 1.54) is 0 Å². The zero-order valence-electron chi connectivity index (χ0n) is 8.95. The molecule has 1 aliphatic rings. The minimum Gasteiger partial charge on any atom is -0.463 e. The van der Waals surface area contributed by atoms with E-state index in [1.54, 1.807) is 12.4 Å². The highest BCUT2D eigenvalue weighted by atomic mass is 35.5. The van der Waals surface area contributed by atoms with Gasteiger partial charge in [-0.05, 0) is 6.07 Å². The highest BCUT2D eigenvalue weighted by Crippen LogP contribution is 2.40. The number of aromatic nitrogens is 1. The van der Waals surface area contributed by atoms with Crippen molar-refractivity contribution in [2.75, 3.05) is 11.8 Å². The van der Waals surface area contributed by atoms with Crippen molar-refractivity contribution in [3.63, 3.8) is 0 Å². The third-order valence-corrected chi connectivity index (χ3v) is 3.52. The zero-order valence-corrected chi connectivity index (χ0v) is 10.5. The molecule has 0 bridgehead atoms. The zero-order chi connectivity index (χ0) is 11.6. The highest BCUT2D eigenvalue weighted by molar-refractivity contribution is 6.22. The SMILES string of the molecule is CCC1Oc2cnccc2C(CCl)(CCl)O1. The van der Waals surface area contributed by atoms with Gasteiger partial charge in [-0.1, -0.05) is 6.92 Å². The van der Waals surface area contributed by atoms with Gasteiger partial charge < -0.3 is 9.47 Å². The number of halogens is 2. The summed E-state index contributed by atoms with van der Waals surface area (Å²) in [6.45, 7) is 1.99. The van der Waals surface area contributed by atoms with Crippen LogP contribution < -0.4 is 4.74 Å². The Kier molecular flexibility index (Phi) is 3.57. The number of hydrogen-bond acceptors (Lipinski definition) is 3. The predicted molar refractivity (Wildman–Crippen MR) is 63.1 cm³/mol. The largest absolute Gasteiger partial charge is 0.463 e. The highest BCUT2D eigenvalue weighted by Gasteiger charge is 2.41. The van der Waals surface area contributed by atoms with Crippen molar-refractivity contribution in [2.24, 2.45) is 0 Å². The predicted octanol–water partition coefficient (Wildman–Crippen LogP) is 2.90. The topological polar surface area (TPSA) is 31.4 Å². The lowest BCUT2D eigenvalue weighted by atomic mass is 9.96. The van der Waals surface area contributed by atoms with E-state index >= 15 is 0 Å². The Bertz CT molecular complexity index is 369. The van der Waals surface area contributed by atoms with Gasteiger partial charge in [-0.15, -0.1) is 23.2 Å². The number of fused-ring (bicyclic) bond motifs is 1. The van der Waals surface area contributed by atoms with E-state index < -0.39 is 5.60 Å². The maximum atomic E-state index is 6.00. The summed E-state index contributed by atoms with van der Waals surface area (Å²) >= 11 is 12.0. The molecule has 5 heteroatoms. The van der Waals surface area contributed by atoms with Crippen LogP contribution in [0.15, 0.2) is 18.5 Å². The lowest BCUT2D eigenvalue weighted by molar-refractivity contribution is -0.179. The fraction of sp³-hybridized carbons (Fsp3) is 0.545. The Hall–Kier alpha value is -0.510. The molecular formula is C11H13Cl2NO2. The molecule has 0 saturated heterocycles. The minimum atomic E-state index is -0.666. The van der Waals surface area contributed by atoms with Gasteiger partial charge in [-0.25, -0.2) is 0 Å². The van der Waals surface area contributed by atoms with E-state index in [2.05, 4.69) is 4.98 Å². The molecule has 0 aromatic carbocycles. The van der Waals surface area contributed by atoms with Crippen molar-refractivity contribution in [3.05, 3.63) is 24.0 Å². The summed E-state index contributed by atoms with van der Waals surface area (Å²) in [6.07, 6.45) is 3.79. The standard InChI is InChI=1S/C11H13Cl2NO2/c1-2-10-15-9-5-14-4-3-8(9)11(6-12,7-13)16-10/h3-5,10H,2,6-7H2,1H3. The number of rotatable bonds is 3. The quantitative estimate of drug-likeness (QED) is 0.785. The van der Waals surface area contributed by atoms with E-state index in [0.717, 1.165) is 12.0 Å². The Morgan fingerprint density at radius 2 is 2.19 bits per heavy atom. The summed E-state index contributed by atoms with van der Waals surface area (Å²) in [7, 11) is 0. The average Bonchev–Trinajstić information content (AvgIpc) is 2.37.